The van der Waals surface area contributed by atoms with Crippen LogP contribution in [0.4, 0.5) is 0 Å². The van der Waals surface area contributed by atoms with E-state index >= 15 is 0 Å². The monoisotopic (exact) mass is 314 g/mol. The summed E-state index contributed by atoms with van der Waals surface area (Å²) in [5, 5.41) is 0. The van der Waals surface area contributed by atoms with Crippen LogP contribution in [-0.4, -0.2) is 18.7 Å². The quantitative estimate of drug-likeness (QED) is 0.717. The lowest BCUT2D eigenvalue weighted by Crippen LogP contribution is -2.12. The molecule has 0 saturated carbocycles. The molecule has 0 fully saturated rings. The van der Waals surface area contributed by atoms with Gasteiger partial charge >= 0.3 is 5.97 Å². The molecule has 0 aromatic heterocycles. The lowest BCUT2D eigenvalue weighted by atomic mass is 10.2. The maximum Gasteiger partial charge on any atom is 0.338 e. The van der Waals surface area contributed by atoms with Crippen molar-refractivity contribution in [3.05, 3.63) is 59.7 Å². The average Bonchev–Trinajstić information content (AvgIpc) is 2.54. The summed E-state index contributed by atoms with van der Waals surface area (Å²) in [6.45, 7) is 6.46. The Labute approximate surface area is 137 Å². The van der Waals surface area contributed by atoms with Crippen molar-refractivity contribution in [1.82, 2.24) is 0 Å². The van der Waals surface area contributed by atoms with Crippen molar-refractivity contribution >= 4 is 5.97 Å². The zero-order valence-corrected chi connectivity index (χ0v) is 13.7. The second-order valence-electron chi connectivity index (χ2n) is 5.32. The van der Waals surface area contributed by atoms with E-state index in [0.29, 0.717) is 30.3 Å². The maximum atomic E-state index is 12.0. The molecule has 2 aromatic carbocycles. The van der Waals surface area contributed by atoms with Gasteiger partial charge in [0, 0.05) is 0 Å². The van der Waals surface area contributed by atoms with Gasteiger partial charge in [0.05, 0.1) is 18.3 Å². The molecular formula is C19H22O4. The zero-order valence-electron chi connectivity index (χ0n) is 13.7. The summed E-state index contributed by atoms with van der Waals surface area (Å²) in [6.07, 6.45) is -0.160. The summed E-state index contributed by atoms with van der Waals surface area (Å²) in [5.41, 5.74) is 1.52. The Balaban J connectivity index is 2.14. The van der Waals surface area contributed by atoms with Crippen LogP contribution in [0.5, 0.6) is 11.5 Å². The van der Waals surface area contributed by atoms with E-state index in [0.717, 1.165) is 5.56 Å². The molecule has 4 heteroatoms. The average molecular weight is 314 g/mol. The van der Waals surface area contributed by atoms with Crippen molar-refractivity contribution in [2.45, 2.75) is 33.5 Å². The van der Waals surface area contributed by atoms with Crippen LogP contribution in [0.15, 0.2) is 48.5 Å². The van der Waals surface area contributed by atoms with E-state index in [4.69, 9.17) is 14.2 Å². The molecule has 0 atom stereocenters. The molecule has 0 bridgehead atoms. The smallest absolute Gasteiger partial charge is 0.338 e. The molecule has 2 rings (SSSR count). The fourth-order valence-corrected chi connectivity index (χ4v) is 2.04. The van der Waals surface area contributed by atoms with Crippen LogP contribution in [0.25, 0.3) is 0 Å². The molecule has 0 saturated heterocycles. The molecule has 23 heavy (non-hydrogen) atoms. The van der Waals surface area contributed by atoms with Gasteiger partial charge in [0.2, 0.25) is 0 Å². The fourth-order valence-electron chi connectivity index (χ4n) is 2.04. The molecule has 0 amide bonds. The topological polar surface area (TPSA) is 44.8 Å². The lowest BCUT2D eigenvalue weighted by Gasteiger charge is -2.14. The molecule has 4 nitrogen and oxygen atoms in total. The Morgan fingerprint density at radius 2 is 1.74 bits per heavy atom. The summed E-state index contributed by atoms with van der Waals surface area (Å²) in [6, 6.07) is 15.0. The highest BCUT2D eigenvalue weighted by molar-refractivity contribution is 5.90. The number of benzene rings is 2. The minimum atomic E-state index is -0.365. The number of hydrogen-bond donors (Lipinski definition) is 0. The summed E-state index contributed by atoms with van der Waals surface area (Å²) >= 11 is 0. The van der Waals surface area contributed by atoms with E-state index < -0.39 is 0 Å². The summed E-state index contributed by atoms with van der Waals surface area (Å²) in [4.78, 5) is 12.0. The highest BCUT2D eigenvalue weighted by Crippen LogP contribution is 2.29. The molecule has 0 unspecified atom stereocenters. The Hall–Kier alpha value is -2.49. The number of carbonyl (C=O) groups excluding carboxylic acids is 1. The first-order chi connectivity index (χ1) is 11.1. The van der Waals surface area contributed by atoms with Crippen molar-refractivity contribution in [3.63, 3.8) is 0 Å². The molecule has 0 aliphatic rings. The van der Waals surface area contributed by atoms with E-state index in [2.05, 4.69) is 0 Å². The van der Waals surface area contributed by atoms with Crippen LogP contribution < -0.4 is 9.47 Å². The van der Waals surface area contributed by atoms with Gasteiger partial charge in [-0.1, -0.05) is 30.3 Å². The van der Waals surface area contributed by atoms with Crippen LogP contribution in [0.1, 0.15) is 36.7 Å². The summed E-state index contributed by atoms with van der Waals surface area (Å²) in [7, 11) is 0. The Morgan fingerprint density at radius 3 is 2.39 bits per heavy atom. The first-order valence-electron chi connectivity index (χ1n) is 7.74. The normalized spacial score (nSPS) is 10.4. The van der Waals surface area contributed by atoms with Crippen molar-refractivity contribution in [2.75, 3.05) is 6.61 Å². The molecule has 2 aromatic rings. The number of rotatable bonds is 7. The van der Waals surface area contributed by atoms with E-state index in [1.54, 1.807) is 18.2 Å². The van der Waals surface area contributed by atoms with E-state index in [1.807, 2.05) is 51.1 Å². The van der Waals surface area contributed by atoms with Crippen molar-refractivity contribution in [2.24, 2.45) is 0 Å². The van der Waals surface area contributed by atoms with Gasteiger partial charge in [0.1, 0.15) is 6.61 Å². The third kappa shape index (κ3) is 5.02. The largest absolute Gasteiger partial charge is 0.490 e. The molecule has 0 aliphatic carbocycles. The molecule has 0 spiro atoms. The Bertz CT molecular complexity index is 635. The molecule has 0 radical (unpaired) electrons. The van der Waals surface area contributed by atoms with E-state index in [9.17, 15) is 4.79 Å². The first kappa shape index (κ1) is 16.9. The van der Waals surface area contributed by atoms with Gasteiger partial charge in [0.15, 0.2) is 11.5 Å². The zero-order chi connectivity index (χ0) is 16.7. The Morgan fingerprint density at radius 1 is 1.00 bits per heavy atom. The highest BCUT2D eigenvalue weighted by Gasteiger charge is 2.14. The SMILES string of the molecule is CCOc1cc(C(=O)OC(C)C)ccc1OCc1ccccc1. The van der Waals surface area contributed by atoms with Crippen LogP contribution in [0, 0.1) is 0 Å². The van der Waals surface area contributed by atoms with Crippen molar-refractivity contribution in [1.29, 1.82) is 0 Å². The van der Waals surface area contributed by atoms with Crippen LogP contribution >= 0.6 is 0 Å². The second kappa shape index (κ2) is 8.22. The van der Waals surface area contributed by atoms with E-state index in [1.165, 1.54) is 0 Å². The van der Waals surface area contributed by atoms with Gasteiger partial charge in [-0.25, -0.2) is 4.79 Å². The molecule has 122 valence electrons. The van der Waals surface area contributed by atoms with Gasteiger partial charge in [0.25, 0.3) is 0 Å². The molecule has 0 aliphatic heterocycles. The minimum absolute atomic E-state index is 0.160. The lowest BCUT2D eigenvalue weighted by molar-refractivity contribution is 0.0377. The van der Waals surface area contributed by atoms with Gasteiger partial charge in [-0.15, -0.1) is 0 Å². The third-order valence-electron chi connectivity index (χ3n) is 3.06. The standard InChI is InChI=1S/C19H22O4/c1-4-21-18-12-16(19(20)23-14(2)3)10-11-17(18)22-13-15-8-6-5-7-9-15/h5-12,14H,4,13H2,1-3H3. The van der Waals surface area contributed by atoms with E-state index in [-0.39, 0.29) is 12.1 Å². The first-order valence-corrected chi connectivity index (χ1v) is 7.74. The number of carbonyl (C=O) groups is 1. The van der Waals surface area contributed by atoms with Crippen molar-refractivity contribution < 1.29 is 19.0 Å². The van der Waals surface area contributed by atoms with Gasteiger partial charge < -0.3 is 14.2 Å². The molecule has 0 N–H and O–H groups in total. The predicted molar refractivity (Wildman–Crippen MR) is 88.9 cm³/mol. The van der Waals surface area contributed by atoms with Gasteiger partial charge in [-0.3, -0.25) is 0 Å². The third-order valence-corrected chi connectivity index (χ3v) is 3.06. The number of ether oxygens (including phenoxy) is 3. The van der Waals surface area contributed by atoms with Gasteiger partial charge in [-0.05, 0) is 44.5 Å². The minimum Gasteiger partial charge on any atom is -0.490 e. The van der Waals surface area contributed by atoms with Crippen LogP contribution in [-0.2, 0) is 11.3 Å². The number of esters is 1. The van der Waals surface area contributed by atoms with Gasteiger partial charge in [-0.2, -0.15) is 0 Å². The van der Waals surface area contributed by atoms with Crippen LogP contribution in [0.3, 0.4) is 0 Å². The maximum absolute atomic E-state index is 12.0. The number of hydrogen-bond acceptors (Lipinski definition) is 4. The Kier molecular flexibility index (Phi) is 6.03. The fraction of sp³-hybridized carbons (Fsp3) is 0.316. The summed E-state index contributed by atoms with van der Waals surface area (Å²) in [5.74, 6) is 0.786. The molecule has 0 heterocycles. The predicted octanol–water partition coefficient (Wildman–Crippen LogP) is 4.23. The van der Waals surface area contributed by atoms with Crippen LogP contribution in [0.2, 0.25) is 0 Å². The highest BCUT2D eigenvalue weighted by atomic mass is 16.5. The summed E-state index contributed by atoms with van der Waals surface area (Å²) < 4.78 is 16.6. The molecular weight excluding hydrogens is 292 g/mol. The van der Waals surface area contributed by atoms with Crippen molar-refractivity contribution in [3.8, 4) is 11.5 Å². The second-order valence-corrected chi connectivity index (χ2v) is 5.32.